The van der Waals surface area contributed by atoms with Crippen molar-refractivity contribution >= 4 is 45.8 Å². The summed E-state index contributed by atoms with van der Waals surface area (Å²) >= 11 is 2.36. The molecule has 0 saturated carbocycles. The lowest BCUT2D eigenvalue weighted by atomic mass is 10.1. The normalized spacial score (nSPS) is 19.9. The molecule has 1 unspecified atom stereocenters. The van der Waals surface area contributed by atoms with Crippen molar-refractivity contribution in [3.8, 4) is 0 Å². The van der Waals surface area contributed by atoms with Crippen molar-refractivity contribution in [2.45, 2.75) is 18.8 Å². The maximum absolute atomic E-state index is 13.8. The summed E-state index contributed by atoms with van der Waals surface area (Å²) in [6.45, 7) is 1.10. The van der Waals surface area contributed by atoms with E-state index < -0.39 is 29.7 Å². The van der Waals surface area contributed by atoms with Gasteiger partial charge >= 0.3 is 23.8 Å². The van der Waals surface area contributed by atoms with Gasteiger partial charge in [-0.2, -0.15) is 28.1 Å². The molecule has 0 bridgehead atoms. The third-order valence-corrected chi connectivity index (χ3v) is 4.81. The Morgan fingerprint density at radius 1 is 1.35 bits per heavy atom. The minimum Gasteiger partial charge on any atom is -0.462 e. The van der Waals surface area contributed by atoms with E-state index in [1.807, 2.05) is 0 Å². The maximum atomic E-state index is 13.8. The monoisotopic (exact) mass is 409 g/mol. The highest BCUT2D eigenvalue weighted by molar-refractivity contribution is 8.38. The van der Waals surface area contributed by atoms with Gasteiger partial charge in [-0.05, 0) is 31.6 Å². The molecule has 0 N–H and O–H groups in total. The predicted octanol–water partition coefficient (Wildman–Crippen LogP) is 3.32. The van der Waals surface area contributed by atoms with Gasteiger partial charge in [-0.1, -0.05) is 0 Å². The molecule has 0 aromatic carbocycles. The molecule has 1 aliphatic rings. The molecule has 0 radical (unpaired) electrons. The van der Waals surface area contributed by atoms with Gasteiger partial charge in [0.25, 0.3) is 5.90 Å². The first kappa shape index (κ1) is 20.4. The summed E-state index contributed by atoms with van der Waals surface area (Å²) in [5, 5.41) is 0. The number of halogens is 3. The van der Waals surface area contributed by atoms with Crippen molar-refractivity contribution in [2.75, 3.05) is 19.1 Å². The third-order valence-electron chi connectivity index (χ3n) is 2.93. The first-order valence-electron chi connectivity index (χ1n) is 7.09. The quantitative estimate of drug-likeness (QED) is 0.433. The van der Waals surface area contributed by atoms with Crippen molar-refractivity contribution < 1.29 is 31.9 Å². The van der Waals surface area contributed by atoms with Crippen LogP contribution in [0.4, 0.5) is 13.2 Å². The van der Waals surface area contributed by atoms with Crippen molar-refractivity contribution in [3.63, 3.8) is 0 Å². The smallest absolute Gasteiger partial charge is 0.446 e. The number of carbonyl (C=O) groups excluding carboxylic acids is 1. The molecule has 7 nitrogen and oxygen atoms in total. The van der Waals surface area contributed by atoms with Gasteiger partial charge in [0, 0.05) is 0 Å². The molecule has 12 heteroatoms. The van der Waals surface area contributed by atoms with E-state index in [9.17, 15) is 18.0 Å². The van der Waals surface area contributed by atoms with Crippen LogP contribution in [0.15, 0.2) is 37.8 Å². The first-order valence-corrected chi connectivity index (χ1v) is 9.54. The summed E-state index contributed by atoms with van der Waals surface area (Å²) in [7, 11) is 0. The standard InChI is InChI=1S/C14H14F3N3O4S2/c1-4-22-10(21)13(14(15,16)17)19-9(8-6-5-7-23-8)24-11(20-13)18-12(25-2)26-3/h5-7H,4H2,1-3H3. The Bertz CT molecular complexity index is 741. The molecule has 1 atom stereocenters. The van der Waals surface area contributed by atoms with E-state index in [1.54, 1.807) is 12.5 Å². The average Bonchev–Trinajstić information content (AvgIpc) is 3.13. The number of rotatable bonds is 3. The summed E-state index contributed by atoms with van der Waals surface area (Å²) in [4.78, 5) is 22.8. The molecule has 1 aromatic heterocycles. The highest BCUT2D eigenvalue weighted by Crippen LogP contribution is 2.39. The second-order valence-electron chi connectivity index (χ2n) is 4.57. The number of furan rings is 1. The van der Waals surface area contributed by atoms with Crippen LogP contribution in [-0.2, 0) is 14.3 Å². The molecule has 2 rings (SSSR count). The lowest BCUT2D eigenvalue weighted by molar-refractivity contribution is -0.204. The number of esters is 1. The molecule has 1 aromatic rings. The van der Waals surface area contributed by atoms with Crippen LogP contribution in [0.2, 0.25) is 0 Å². The van der Waals surface area contributed by atoms with Gasteiger partial charge in [-0.25, -0.2) is 4.79 Å². The van der Waals surface area contributed by atoms with E-state index >= 15 is 0 Å². The number of hydrogen-bond donors (Lipinski definition) is 0. The topological polar surface area (TPSA) is 85.8 Å². The van der Waals surface area contributed by atoms with E-state index in [2.05, 4.69) is 19.7 Å². The number of nitrogens with zero attached hydrogens (tertiary/aromatic N) is 3. The molecular formula is C14H14F3N3O4S2. The van der Waals surface area contributed by atoms with Gasteiger partial charge in [0.05, 0.1) is 12.9 Å². The second kappa shape index (κ2) is 8.16. The van der Waals surface area contributed by atoms with Crippen LogP contribution in [0.5, 0.6) is 0 Å². The zero-order chi connectivity index (χ0) is 19.4. The lowest BCUT2D eigenvalue weighted by Gasteiger charge is -2.29. The van der Waals surface area contributed by atoms with Crippen LogP contribution in [-0.4, -0.2) is 53.2 Å². The van der Waals surface area contributed by atoms with E-state index in [0.717, 1.165) is 0 Å². The van der Waals surface area contributed by atoms with Gasteiger partial charge in [0.2, 0.25) is 0 Å². The van der Waals surface area contributed by atoms with Crippen LogP contribution in [0.1, 0.15) is 12.7 Å². The van der Waals surface area contributed by atoms with Crippen LogP contribution >= 0.6 is 23.5 Å². The number of amidine groups is 1. The zero-order valence-electron chi connectivity index (χ0n) is 13.9. The molecule has 0 saturated heterocycles. The van der Waals surface area contributed by atoms with Gasteiger partial charge in [0.15, 0.2) is 5.76 Å². The number of ether oxygens (including phenoxy) is 2. The number of carbonyl (C=O) groups is 1. The van der Waals surface area contributed by atoms with Gasteiger partial charge in [0.1, 0.15) is 4.38 Å². The minimum absolute atomic E-state index is 0.111. The summed E-state index contributed by atoms with van der Waals surface area (Å²) in [5.74, 6) is -2.36. The molecule has 0 amide bonds. The predicted molar refractivity (Wildman–Crippen MR) is 93.6 cm³/mol. The van der Waals surface area contributed by atoms with Gasteiger partial charge in [-0.3, -0.25) is 0 Å². The highest BCUT2D eigenvalue weighted by Gasteiger charge is 2.65. The fourth-order valence-electron chi connectivity index (χ4n) is 1.81. The Morgan fingerprint density at radius 3 is 2.54 bits per heavy atom. The lowest BCUT2D eigenvalue weighted by Crippen LogP contribution is -2.53. The molecule has 2 heterocycles. The van der Waals surface area contributed by atoms with Gasteiger partial charge in [-0.15, -0.1) is 23.5 Å². The molecule has 26 heavy (non-hydrogen) atoms. The fourth-order valence-corrected chi connectivity index (χ4v) is 2.82. The van der Waals surface area contributed by atoms with Crippen molar-refractivity contribution in [2.24, 2.45) is 15.0 Å². The summed E-state index contributed by atoms with van der Waals surface area (Å²) in [5.41, 5.74) is -3.52. The number of alkyl halides is 3. The fraction of sp³-hybridized carbons (Fsp3) is 0.429. The van der Waals surface area contributed by atoms with E-state index in [1.165, 1.54) is 48.8 Å². The van der Waals surface area contributed by atoms with Gasteiger partial charge < -0.3 is 13.9 Å². The molecule has 1 aliphatic heterocycles. The Balaban J connectivity index is 2.65. The van der Waals surface area contributed by atoms with Crippen molar-refractivity contribution in [3.05, 3.63) is 24.2 Å². The van der Waals surface area contributed by atoms with Crippen LogP contribution < -0.4 is 0 Å². The first-order chi connectivity index (χ1) is 12.3. The number of hydrogen-bond acceptors (Lipinski definition) is 9. The molecule has 0 fully saturated rings. The Kier molecular flexibility index (Phi) is 6.39. The SMILES string of the molecule is CCOC(=O)C1(C(F)(F)F)N=C(N=C(SC)SC)OC(c2ccco2)=N1. The number of thioether (sulfide) groups is 2. The molecular weight excluding hydrogens is 395 g/mol. The zero-order valence-corrected chi connectivity index (χ0v) is 15.5. The summed E-state index contributed by atoms with van der Waals surface area (Å²) in [6.07, 6.45) is -0.587. The van der Waals surface area contributed by atoms with E-state index in [4.69, 9.17) is 9.15 Å². The molecule has 142 valence electrons. The maximum Gasteiger partial charge on any atom is 0.446 e. The summed E-state index contributed by atoms with van der Waals surface area (Å²) < 4.78 is 56.6. The molecule has 0 aliphatic carbocycles. The second-order valence-corrected chi connectivity index (χ2v) is 6.42. The summed E-state index contributed by atoms with van der Waals surface area (Å²) in [6, 6.07) is 2.10. The van der Waals surface area contributed by atoms with Crippen LogP contribution in [0, 0.1) is 0 Å². The van der Waals surface area contributed by atoms with Crippen molar-refractivity contribution in [1.82, 2.24) is 0 Å². The largest absolute Gasteiger partial charge is 0.462 e. The average molecular weight is 409 g/mol. The van der Waals surface area contributed by atoms with E-state index in [0.29, 0.717) is 4.38 Å². The Hall–Kier alpha value is -1.95. The number of aliphatic imine (C=N–C) groups is 3. The minimum atomic E-state index is -5.18. The van der Waals surface area contributed by atoms with E-state index in [-0.39, 0.29) is 12.4 Å². The highest BCUT2D eigenvalue weighted by atomic mass is 32.2. The van der Waals surface area contributed by atoms with Crippen LogP contribution in [0.25, 0.3) is 0 Å². The third kappa shape index (κ3) is 4.06. The van der Waals surface area contributed by atoms with Crippen LogP contribution in [0.3, 0.4) is 0 Å². The molecule has 0 spiro atoms. The Labute approximate surface area is 155 Å². The Morgan fingerprint density at radius 2 is 2.04 bits per heavy atom. The van der Waals surface area contributed by atoms with Crippen molar-refractivity contribution in [1.29, 1.82) is 0 Å².